The predicted octanol–water partition coefficient (Wildman–Crippen LogP) is -0.501. The van der Waals surface area contributed by atoms with Crippen molar-refractivity contribution in [1.82, 2.24) is 5.32 Å². The van der Waals surface area contributed by atoms with Crippen LogP contribution in [0.4, 0.5) is 0 Å². The molecular formula is C7H10N2O4. The van der Waals surface area contributed by atoms with E-state index in [2.05, 4.69) is 5.32 Å². The second-order valence-corrected chi connectivity index (χ2v) is 3.05. The molecule has 0 radical (unpaired) electrons. The third kappa shape index (κ3) is 2.01. The molecule has 13 heavy (non-hydrogen) atoms. The van der Waals surface area contributed by atoms with E-state index in [0.29, 0.717) is 6.42 Å². The van der Waals surface area contributed by atoms with E-state index in [1.807, 2.05) is 0 Å². The molecule has 1 aliphatic heterocycles. The zero-order valence-electron chi connectivity index (χ0n) is 7.15. The fourth-order valence-corrected chi connectivity index (χ4v) is 1.45. The molecule has 0 saturated carbocycles. The maximum atomic E-state index is 10.9. The molecule has 0 bridgehead atoms. The summed E-state index contributed by atoms with van der Waals surface area (Å²) in [5.74, 6) is -0.740. The number of nitro groups is 1. The molecule has 0 aliphatic carbocycles. The van der Waals surface area contributed by atoms with E-state index in [9.17, 15) is 19.7 Å². The van der Waals surface area contributed by atoms with Crippen molar-refractivity contribution < 1.29 is 14.5 Å². The second kappa shape index (κ2) is 3.51. The first-order chi connectivity index (χ1) is 6.02. The first-order valence-corrected chi connectivity index (χ1v) is 3.95. The number of nitrogens with zero attached hydrogens (tertiary/aromatic N) is 1. The van der Waals surface area contributed by atoms with Crippen LogP contribution in [0.2, 0.25) is 0 Å². The first-order valence-electron chi connectivity index (χ1n) is 3.95. The van der Waals surface area contributed by atoms with E-state index >= 15 is 0 Å². The Balaban J connectivity index is 2.71. The van der Waals surface area contributed by atoms with Crippen LogP contribution < -0.4 is 5.32 Å². The van der Waals surface area contributed by atoms with Gasteiger partial charge in [0.2, 0.25) is 11.7 Å². The minimum atomic E-state index is -1.29. The molecule has 0 aromatic carbocycles. The van der Waals surface area contributed by atoms with Crippen molar-refractivity contribution in [1.29, 1.82) is 0 Å². The van der Waals surface area contributed by atoms with Crippen molar-refractivity contribution in [2.75, 3.05) is 0 Å². The van der Waals surface area contributed by atoms with Gasteiger partial charge in [0.25, 0.3) is 6.04 Å². The molecule has 6 nitrogen and oxygen atoms in total. The number of rotatable bonds is 3. The third-order valence-corrected chi connectivity index (χ3v) is 2.05. The Hall–Kier alpha value is -1.46. The van der Waals surface area contributed by atoms with Crippen LogP contribution in [0.15, 0.2) is 0 Å². The molecule has 1 rings (SSSR count). The number of carbonyl (C=O) groups excluding carboxylic acids is 2. The Bertz CT molecular complexity index is 249. The van der Waals surface area contributed by atoms with E-state index in [4.69, 9.17) is 0 Å². The number of Topliss-reactive ketones (excluding diaryl/α,β-unsaturated/α-hetero) is 1. The number of hydrogen-bond acceptors (Lipinski definition) is 4. The van der Waals surface area contributed by atoms with Crippen molar-refractivity contribution in [3.05, 3.63) is 10.1 Å². The Labute approximate surface area is 74.4 Å². The van der Waals surface area contributed by atoms with Crippen molar-refractivity contribution in [2.24, 2.45) is 0 Å². The fraction of sp³-hybridized carbons (Fsp3) is 0.714. The number of ketones is 1. The minimum absolute atomic E-state index is 0.224. The molecule has 1 aliphatic rings. The van der Waals surface area contributed by atoms with Gasteiger partial charge in [-0.2, -0.15) is 0 Å². The average molecular weight is 186 g/mol. The topological polar surface area (TPSA) is 89.3 Å². The zero-order chi connectivity index (χ0) is 10.0. The maximum Gasteiger partial charge on any atom is 0.289 e. The van der Waals surface area contributed by atoms with Gasteiger partial charge in [-0.15, -0.1) is 0 Å². The summed E-state index contributed by atoms with van der Waals surface area (Å²) < 4.78 is 0. The SMILES string of the molecule is CC(=O)C(C1CCC(=O)N1)[N+](=O)[O-]. The Kier molecular flexibility index (Phi) is 2.60. The fourth-order valence-electron chi connectivity index (χ4n) is 1.45. The highest BCUT2D eigenvalue weighted by Gasteiger charge is 2.39. The molecule has 0 aromatic heterocycles. The van der Waals surface area contributed by atoms with Gasteiger partial charge in [0.15, 0.2) is 0 Å². The highest BCUT2D eigenvalue weighted by atomic mass is 16.6. The molecule has 0 aromatic rings. The van der Waals surface area contributed by atoms with Crippen molar-refractivity contribution in [2.45, 2.75) is 31.8 Å². The van der Waals surface area contributed by atoms with Crippen LogP contribution in [0.1, 0.15) is 19.8 Å². The summed E-state index contributed by atoms with van der Waals surface area (Å²) in [6.07, 6.45) is 0.631. The Morgan fingerprint density at radius 1 is 1.77 bits per heavy atom. The van der Waals surface area contributed by atoms with Gasteiger partial charge in [-0.3, -0.25) is 19.7 Å². The molecule has 1 amide bonds. The van der Waals surface area contributed by atoms with E-state index in [0.717, 1.165) is 6.92 Å². The number of amides is 1. The molecule has 1 saturated heterocycles. The van der Waals surface area contributed by atoms with Gasteiger partial charge in [-0.05, 0) is 6.42 Å². The number of hydrogen-bond donors (Lipinski definition) is 1. The van der Waals surface area contributed by atoms with Crippen molar-refractivity contribution >= 4 is 11.7 Å². The lowest BCUT2D eigenvalue weighted by molar-refractivity contribution is -0.510. The van der Waals surface area contributed by atoms with Crippen LogP contribution in [-0.4, -0.2) is 28.7 Å². The van der Waals surface area contributed by atoms with Gasteiger partial charge in [-0.25, -0.2) is 0 Å². The van der Waals surface area contributed by atoms with E-state index in [1.165, 1.54) is 0 Å². The highest BCUT2D eigenvalue weighted by Crippen LogP contribution is 2.13. The molecular weight excluding hydrogens is 176 g/mol. The van der Waals surface area contributed by atoms with Gasteiger partial charge in [-0.1, -0.05) is 0 Å². The first kappa shape index (κ1) is 9.63. The van der Waals surface area contributed by atoms with Crippen molar-refractivity contribution in [3.8, 4) is 0 Å². The standard InChI is InChI=1S/C7H10N2O4/c1-4(10)7(9(12)13)5-2-3-6(11)8-5/h5,7H,2-3H2,1H3,(H,8,11). The normalized spacial score (nSPS) is 23.8. The molecule has 6 heteroatoms. The largest absolute Gasteiger partial charge is 0.346 e. The van der Waals surface area contributed by atoms with Crippen molar-refractivity contribution in [3.63, 3.8) is 0 Å². The van der Waals surface area contributed by atoms with Crippen LogP contribution in [0.5, 0.6) is 0 Å². The summed E-state index contributed by atoms with van der Waals surface area (Å²) in [6, 6.07) is -1.91. The van der Waals surface area contributed by atoms with Crippen LogP contribution in [0.3, 0.4) is 0 Å². The summed E-state index contributed by atoms with van der Waals surface area (Å²) in [5, 5.41) is 12.9. The van der Waals surface area contributed by atoms with Crippen LogP contribution in [0, 0.1) is 10.1 Å². The smallest absolute Gasteiger partial charge is 0.289 e. The number of nitrogens with one attached hydrogen (secondary N) is 1. The quantitative estimate of drug-likeness (QED) is 0.475. The van der Waals surface area contributed by atoms with E-state index in [1.54, 1.807) is 0 Å². The minimum Gasteiger partial charge on any atom is -0.346 e. The molecule has 72 valence electrons. The molecule has 2 atom stereocenters. The number of carbonyl (C=O) groups is 2. The zero-order valence-corrected chi connectivity index (χ0v) is 7.15. The lowest BCUT2D eigenvalue weighted by atomic mass is 10.0. The summed E-state index contributed by atoms with van der Waals surface area (Å²) >= 11 is 0. The third-order valence-electron chi connectivity index (χ3n) is 2.05. The Morgan fingerprint density at radius 3 is 2.69 bits per heavy atom. The average Bonchev–Trinajstić information content (AvgIpc) is 2.34. The monoisotopic (exact) mass is 186 g/mol. The Morgan fingerprint density at radius 2 is 2.38 bits per heavy atom. The van der Waals surface area contributed by atoms with Gasteiger partial charge in [0.05, 0.1) is 0 Å². The molecule has 1 heterocycles. The van der Waals surface area contributed by atoms with Crippen LogP contribution >= 0.6 is 0 Å². The lowest BCUT2D eigenvalue weighted by Crippen LogP contribution is -2.45. The van der Waals surface area contributed by atoms with Gasteiger partial charge >= 0.3 is 0 Å². The maximum absolute atomic E-state index is 10.9. The van der Waals surface area contributed by atoms with Gasteiger partial charge in [0, 0.05) is 18.3 Å². The van der Waals surface area contributed by atoms with E-state index < -0.39 is 22.8 Å². The summed E-state index contributed by atoms with van der Waals surface area (Å²) in [4.78, 5) is 31.5. The lowest BCUT2D eigenvalue weighted by Gasteiger charge is -2.12. The van der Waals surface area contributed by atoms with Gasteiger partial charge in [0.1, 0.15) is 6.04 Å². The highest BCUT2D eigenvalue weighted by molar-refractivity contribution is 5.84. The van der Waals surface area contributed by atoms with Gasteiger partial charge < -0.3 is 5.32 Å². The van der Waals surface area contributed by atoms with Crippen LogP contribution in [-0.2, 0) is 9.59 Å². The molecule has 0 spiro atoms. The summed E-state index contributed by atoms with van der Waals surface area (Å²) in [6.45, 7) is 1.16. The molecule has 2 unspecified atom stereocenters. The summed E-state index contributed by atoms with van der Waals surface area (Å²) in [5.41, 5.74) is 0. The molecule has 1 N–H and O–H groups in total. The second-order valence-electron chi connectivity index (χ2n) is 3.05. The van der Waals surface area contributed by atoms with Crippen LogP contribution in [0.25, 0.3) is 0 Å². The summed E-state index contributed by atoms with van der Waals surface area (Å²) in [7, 11) is 0. The van der Waals surface area contributed by atoms with E-state index in [-0.39, 0.29) is 12.3 Å². The molecule has 1 fully saturated rings. The predicted molar refractivity (Wildman–Crippen MR) is 42.6 cm³/mol.